The van der Waals surface area contributed by atoms with Crippen LogP contribution in [0.4, 0.5) is 13.9 Å². The standard InChI is InChI=1S/C20H14F2N4OS3/c1-10-16(19(28-2)25-17(23-10)15-4-3-7-29-15)18(27)26-20-24-14(9-30-20)11-5-6-12(21)13(22)8-11/h3-9H,1-2H3,(H,24,26,27). The largest absolute Gasteiger partial charge is 0.298 e. The highest BCUT2D eigenvalue weighted by molar-refractivity contribution is 7.98. The predicted molar refractivity (Wildman–Crippen MR) is 117 cm³/mol. The van der Waals surface area contributed by atoms with E-state index in [1.165, 1.54) is 40.5 Å². The van der Waals surface area contributed by atoms with Gasteiger partial charge < -0.3 is 0 Å². The molecule has 3 heterocycles. The zero-order valence-electron chi connectivity index (χ0n) is 15.8. The van der Waals surface area contributed by atoms with Crippen LogP contribution < -0.4 is 5.32 Å². The first-order chi connectivity index (χ1) is 14.5. The van der Waals surface area contributed by atoms with E-state index in [4.69, 9.17) is 0 Å². The molecule has 4 rings (SSSR count). The number of amides is 1. The van der Waals surface area contributed by atoms with Crippen LogP contribution in [-0.4, -0.2) is 27.1 Å². The topological polar surface area (TPSA) is 67.8 Å². The molecule has 0 spiro atoms. The van der Waals surface area contributed by atoms with Crippen LogP contribution >= 0.6 is 34.4 Å². The Balaban J connectivity index is 1.60. The molecule has 4 aromatic rings. The molecular weight excluding hydrogens is 446 g/mol. The number of benzene rings is 1. The van der Waals surface area contributed by atoms with Crippen molar-refractivity contribution < 1.29 is 13.6 Å². The van der Waals surface area contributed by atoms with E-state index in [0.717, 1.165) is 17.0 Å². The molecule has 0 aliphatic heterocycles. The molecule has 3 aromatic heterocycles. The summed E-state index contributed by atoms with van der Waals surface area (Å²) < 4.78 is 26.6. The van der Waals surface area contributed by atoms with Crippen molar-refractivity contribution in [3.05, 3.63) is 64.0 Å². The molecule has 10 heteroatoms. The van der Waals surface area contributed by atoms with Crippen LogP contribution in [0, 0.1) is 18.6 Å². The van der Waals surface area contributed by atoms with E-state index < -0.39 is 11.6 Å². The molecule has 0 unspecified atom stereocenters. The number of anilines is 1. The monoisotopic (exact) mass is 460 g/mol. The van der Waals surface area contributed by atoms with Gasteiger partial charge in [0.1, 0.15) is 5.03 Å². The van der Waals surface area contributed by atoms with E-state index in [0.29, 0.717) is 38.5 Å². The number of thioether (sulfide) groups is 1. The van der Waals surface area contributed by atoms with Gasteiger partial charge in [-0.25, -0.2) is 23.7 Å². The van der Waals surface area contributed by atoms with E-state index in [-0.39, 0.29) is 5.91 Å². The molecule has 0 aliphatic rings. The van der Waals surface area contributed by atoms with Crippen LogP contribution in [0.1, 0.15) is 16.1 Å². The van der Waals surface area contributed by atoms with Gasteiger partial charge in [0.15, 0.2) is 22.6 Å². The average Bonchev–Trinajstić information content (AvgIpc) is 3.41. The van der Waals surface area contributed by atoms with E-state index in [9.17, 15) is 13.6 Å². The number of nitrogens with zero attached hydrogens (tertiary/aromatic N) is 3. The van der Waals surface area contributed by atoms with Crippen LogP contribution in [0.25, 0.3) is 22.0 Å². The van der Waals surface area contributed by atoms with Gasteiger partial charge in [-0.15, -0.1) is 34.4 Å². The lowest BCUT2D eigenvalue weighted by Gasteiger charge is -2.10. The third-order valence-corrected chi connectivity index (χ3v) is 6.46. The molecule has 152 valence electrons. The van der Waals surface area contributed by atoms with E-state index in [1.807, 2.05) is 23.8 Å². The zero-order valence-corrected chi connectivity index (χ0v) is 18.2. The zero-order chi connectivity index (χ0) is 21.3. The molecule has 0 atom stereocenters. The Morgan fingerprint density at radius 3 is 2.63 bits per heavy atom. The van der Waals surface area contributed by atoms with E-state index in [2.05, 4.69) is 20.3 Å². The Hall–Kier alpha value is -2.69. The molecule has 1 amide bonds. The smallest absolute Gasteiger partial charge is 0.262 e. The second kappa shape index (κ2) is 8.58. The Morgan fingerprint density at radius 2 is 1.93 bits per heavy atom. The SMILES string of the molecule is CSc1nc(-c2cccs2)nc(C)c1C(=O)Nc1nc(-c2ccc(F)c(F)c2)cs1. The maximum absolute atomic E-state index is 13.5. The summed E-state index contributed by atoms with van der Waals surface area (Å²) >= 11 is 4.09. The first-order valence-electron chi connectivity index (χ1n) is 8.65. The number of aryl methyl sites for hydroxylation is 1. The number of nitrogens with one attached hydrogen (secondary N) is 1. The number of hydrogen-bond acceptors (Lipinski definition) is 7. The minimum absolute atomic E-state index is 0.341. The van der Waals surface area contributed by atoms with Crippen molar-refractivity contribution >= 4 is 45.5 Å². The van der Waals surface area contributed by atoms with Crippen molar-refractivity contribution in [2.75, 3.05) is 11.6 Å². The van der Waals surface area contributed by atoms with Crippen LogP contribution in [0.2, 0.25) is 0 Å². The van der Waals surface area contributed by atoms with Gasteiger partial charge in [0.05, 0.1) is 21.8 Å². The molecule has 0 saturated carbocycles. The second-order valence-electron chi connectivity index (χ2n) is 6.12. The number of hydrogen-bond donors (Lipinski definition) is 1. The van der Waals surface area contributed by atoms with Gasteiger partial charge in [-0.3, -0.25) is 10.1 Å². The van der Waals surface area contributed by atoms with Gasteiger partial charge in [-0.1, -0.05) is 6.07 Å². The maximum atomic E-state index is 13.5. The Bertz CT molecular complexity index is 1230. The Labute approximate surface area is 183 Å². The molecule has 0 aliphatic carbocycles. The molecule has 0 fully saturated rings. The lowest BCUT2D eigenvalue weighted by Crippen LogP contribution is -2.16. The molecule has 0 radical (unpaired) electrons. The van der Waals surface area contributed by atoms with Gasteiger partial charge in [0.25, 0.3) is 5.91 Å². The molecule has 1 aromatic carbocycles. The number of thiazole rings is 1. The van der Waals surface area contributed by atoms with Gasteiger partial charge in [0, 0.05) is 10.9 Å². The van der Waals surface area contributed by atoms with Crippen molar-refractivity contribution in [3.8, 4) is 22.0 Å². The highest BCUT2D eigenvalue weighted by Gasteiger charge is 2.20. The van der Waals surface area contributed by atoms with Gasteiger partial charge in [-0.2, -0.15) is 0 Å². The fourth-order valence-electron chi connectivity index (χ4n) is 2.75. The summed E-state index contributed by atoms with van der Waals surface area (Å²) in [6.07, 6.45) is 1.85. The number of aromatic nitrogens is 3. The predicted octanol–water partition coefficient (Wildman–Crippen LogP) is 5.89. The van der Waals surface area contributed by atoms with Crippen molar-refractivity contribution in [2.45, 2.75) is 11.9 Å². The van der Waals surface area contributed by atoms with Crippen molar-refractivity contribution in [3.63, 3.8) is 0 Å². The highest BCUT2D eigenvalue weighted by atomic mass is 32.2. The number of carbonyl (C=O) groups excluding carboxylic acids is 1. The third kappa shape index (κ3) is 4.11. The average molecular weight is 461 g/mol. The van der Waals surface area contributed by atoms with E-state index in [1.54, 1.807) is 12.3 Å². The Kier molecular flexibility index (Phi) is 5.89. The number of thiophene rings is 1. The molecule has 5 nitrogen and oxygen atoms in total. The summed E-state index contributed by atoms with van der Waals surface area (Å²) in [7, 11) is 0. The summed E-state index contributed by atoms with van der Waals surface area (Å²) in [5, 5.41) is 7.28. The van der Waals surface area contributed by atoms with Crippen LogP contribution in [0.5, 0.6) is 0 Å². The summed E-state index contributed by atoms with van der Waals surface area (Å²) in [6.45, 7) is 1.77. The first-order valence-corrected chi connectivity index (χ1v) is 11.6. The summed E-state index contributed by atoms with van der Waals surface area (Å²) in [6, 6.07) is 7.40. The first kappa shape index (κ1) is 20.6. The molecule has 0 bridgehead atoms. The minimum Gasteiger partial charge on any atom is -0.298 e. The molecule has 1 N–H and O–H groups in total. The van der Waals surface area contributed by atoms with Crippen LogP contribution in [-0.2, 0) is 0 Å². The number of carbonyl (C=O) groups is 1. The fourth-order valence-corrected chi connectivity index (χ4v) is 4.75. The quantitative estimate of drug-likeness (QED) is 0.297. The number of rotatable bonds is 5. The number of halogens is 2. The maximum Gasteiger partial charge on any atom is 0.262 e. The normalized spacial score (nSPS) is 10.9. The van der Waals surface area contributed by atoms with Crippen molar-refractivity contribution in [1.29, 1.82) is 0 Å². The highest BCUT2D eigenvalue weighted by Crippen LogP contribution is 2.29. The summed E-state index contributed by atoms with van der Waals surface area (Å²) in [5.41, 5.74) is 1.82. The van der Waals surface area contributed by atoms with Gasteiger partial charge in [-0.05, 0) is 42.8 Å². The molecular formula is C20H14F2N4OS3. The summed E-state index contributed by atoms with van der Waals surface area (Å²) in [5.74, 6) is -1.66. The van der Waals surface area contributed by atoms with Crippen LogP contribution in [0.3, 0.4) is 0 Å². The molecule has 0 saturated heterocycles. The van der Waals surface area contributed by atoms with Gasteiger partial charge >= 0.3 is 0 Å². The van der Waals surface area contributed by atoms with Crippen LogP contribution in [0.15, 0.2) is 46.1 Å². The third-order valence-electron chi connectivity index (χ3n) is 4.16. The van der Waals surface area contributed by atoms with Crippen molar-refractivity contribution in [2.24, 2.45) is 0 Å². The van der Waals surface area contributed by atoms with Crippen molar-refractivity contribution in [1.82, 2.24) is 15.0 Å². The lowest BCUT2D eigenvalue weighted by molar-refractivity contribution is 0.102. The second-order valence-corrected chi connectivity index (χ2v) is 8.72. The fraction of sp³-hybridized carbons (Fsp3) is 0.100. The Morgan fingerprint density at radius 1 is 1.10 bits per heavy atom. The molecule has 30 heavy (non-hydrogen) atoms. The lowest BCUT2D eigenvalue weighted by atomic mass is 10.2. The van der Waals surface area contributed by atoms with Gasteiger partial charge in [0.2, 0.25) is 0 Å². The summed E-state index contributed by atoms with van der Waals surface area (Å²) in [4.78, 5) is 27.2. The van der Waals surface area contributed by atoms with E-state index >= 15 is 0 Å². The minimum atomic E-state index is -0.950.